The highest BCUT2D eigenvalue weighted by Crippen LogP contribution is 2.24. The Labute approximate surface area is 130 Å². The predicted molar refractivity (Wildman–Crippen MR) is 79.9 cm³/mol. The van der Waals surface area contributed by atoms with Crippen molar-refractivity contribution in [3.8, 4) is 0 Å². The van der Waals surface area contributed by atoms with Gasteiger partial charge in [-0.1, -0.05) is 11.6 Å². The summed E-state index contributed by atoms with van der Waals surface area (Å²) in [5.74, 6) is 0. The van der Waals surface area contributed by atoms with E-state index in [1.54, 1.807) is 31.5 Å². The van der Waals surface area contributed by atoms with E-state index in [-0.39, 0.29) is 10.0 Å². The van der Waals surface area contributed by atoms with Gasteiger partial charge >= 0.3 is 0 Å². The first-order valence-electron chi connectivity index (χ1n) is 5.63. The minimum Gasteiger partial charge on any atom is -0.265 e. The molecule has 0 saturated carbocycles. The maximum absolute atomic E-state index is 12.3. The molecule has 0 saturated heterocycles. The van der Waals surface area contributed by atoms with Gasteiger partial charge in [0.1, 0.15) is 10.0 Å². The highest BCUT2D eigenvalue weighted by Gasteiger charge is 2.22. The molecular formula is C12H11BrClN3O2S. The average molecular weight is 377 g/mol. The van der Waals surface area contributed by atoms with Gasteiger partial charge < -0.3 is 0 Å². The summed E-state index contributed by atoms with van der Waals surface area (Å²) in [7, 11) is -3.76. The molecule has 2 aromatic rings. The first-order valence-corrected chi connectivity index (χ1v) is 8.29. The van der Waals surface area contributed by atoms with E-state index in [9.17, 15) is 8.42 Å². The van der Waals surface area contributed by atoms with Gasteiger partial charge in [0.05, 0.1) is 0 Å². The van der Waals surface area contributed by atoms with Gasteiger partial charge in [0, 0.05) is 29.1 Å². The van der Waals surface area contributed by atoms with Crippen LogP contribution in [0.5, 0.6) is 0 Å². The minimum absolute atomic E-state index is 0.0607. The van der Waals surface area contributed by atoms with Crippen molar-refractivity contribution in [2.75, 3.05) is 0 Å². The number of sulfonamides is 1. The standard InChI is InChI=1S/C12H11BrClN3O2S/c1-8(9-2-4-15-5-3-9)17-20(18,19)11-6-10(13)7-16-12(11)14/h2-8,17H,1H3. The molecule has 1 atom stereocenters. The lowest BCUT2D eigenvalue weighted by Crippen LogP contribution is -2.27. The molecule has 2 rings (SSSR count). The van der Waals surface area contributed by atoms with Crippen LogP contribution in [-0.2, 0) is 10.0 Å². The summed E-state index contributed by atoms with van der Waals surface area (Å²) in [4.78, 5) is 7.65. The van der Waals surface area contributed by atoms with Crippen LogP contribution in [-0.4, -0.2) is 18.4 Å². The molecule has 5 nitrogen and oxygen atoms in total. The molecule has 0 bridgehead atoms. The molecule has 0 aliphatic heterocycles. The van der Waals surface area contributed by atoms with E-state index in [2.05, 4.69) is 30.6 Å². The van der Waals surface area contributed by atoms with Crippen LogP contribution in [0.15, 0.2) is 46.2 Å². The summed E-state index contributed by atoms with van der Waals surface area (Å²) in [6, 6.07) is 4.50. The SMILES string of the molecule is CC(NS(=O)(=O)c1cc(Br)cnc1Cl)c1ccncc1. The lowest BCUT2D eigenvalue weighted by Gasteiger charge is -2.15. The molecule has 20 heavy (non-hydrogen) atoms. The number of nitrogens with zero attached hydrogens (tertiary/aromatic N) is 2. The molecule has 0 aliphatic rings. The molecule has 0 aromatic carbocycles. The summed E-state index contributed by atoms with van der Waals surface area (Å²) in [6.07, 6.45) is 4.65. The molecule has 0 radical (unpaired) electrons. The van der Waals surface area contributed by atoms with Crippen LogP contribution in [0, 0.1) is 0 Å². The van der Waals surface area contributed by atoms with Crippen molar-refractivity contribution in [3.05, 3.63) is 52.0 Å². The second-order valence-corrected chi connectivity index (χ2v) is 7.02. The number of aromatic nitrogens is 2. The Morgan fingerprint density at radius 1 is 1.35 bits per heavy atom. The fourth-order valence-electron chi connectivity index (χ4n) is 1.61. The molecule has 2 aromatic heterocycles. The van der Waals surface area contributed by atoms with E-state index in [4.69, 9.17) is 11.6 Å². The Morgan fingerprint density at radius 3 is 2.65 bits per heavy atom. The molecule has 1 N–H and O–H groups in total. The average Bonchev–Trinajstić information content (AvgIpc) is 2.42. The molecule has 8 heteroatoms. The summed E-state index contributed by atoms with van der Waals surface area (Å²) in [6.45, 7) is 1.74. The third kappa shape index (κ3) is 3.54. The topological polar surface area (TPSA) is 72.0 Å². The van der Waals surface area contributed by atoms with E-state index in [1.807, 2.05) is 0 Å². The Balaban J connectivity index is 2.30. The van der Waals surface area contributed by atoms with E-state index in [1.165, 1.54) is 12.3 Å². The van der Waals surface area contributed by atoms with Crippen molar-refractivity contribution < 1.29 is 8.42 Å². The Morgan fingerprint density at radius 2 is 2.00 bits per heavy atom. The molecule has 2 heterocycles. The number of hydrogen-bond acceptors (Lipinski definition) is 4. The van der Waals surface area contributed by atoms with Gasteiger partial charge in [-0.25, -0.2) is 18.1 Å². The second-order valence-electron chi connectivity index (χ2n) is 4.07. The largest absolute Gasteiger partial charge is 0.265 e. The van der Waals surface area contributed by atoms with Crippen LogP contribution in [0.3, 0.4) is 0 Å². The second kappa shape index (κ2) is 6.17. The van der Waals surface area contributed by atoms with Gasteiger partial charge in [0.15, 0.2) is 0 Å². The zero-order valence-corrected chi connectivity index (χ0v) is 13.6. The third-order valence-electron chi connectivity index (χ3n) is 2.60. The van der Waals surface area contributed by atoms with E-state index >= 15 is 0 Å². The van der Waals surface area contributed by atoms with Crippen LogP contribution in [0.4, 0.5) is 0 Å². The number of pyridine rings is 2. The number of hydrogen-bond donors (Lipinski definition) is 1. The minimum atomic E-state index is -3.76. The van der Waals surface area contributed by atoms with Crippen molar-refractivity contribution >= 4 is 37.6 Å². The van der Waals surface area contributed by atoms with Crippen molar-refractivity contribution in [1.29, 1.82) is 0 Å². The summed E-state index contributed by atoms with van der Waals surface area (Å²) >= 11 is 9.03. The zero-order chi connectivity index (χ0) is 14.8. The highest BCUT2D eigenvalue weighted by atomic mass is 79.9. The van der Waals surface area contributed by atoms with Crippen LogP contribution in [0.2, 0.25) is 5.15 Å². The molecular weight excluding hydrogens is 366 g/mol. The summed E-state index contributed by atoms with van der Waals surface area (Å²) < 4.78 is 27.7. The van der Waals surface area contributed by atoms with Crippen LogP contribution in [0.25, 0.3) is 0 Å². The van der Waals surface area contributed by atoms with Gasteiger partial charge in [-0.2, -0.15) is 0 Å². The smallest absolute Gasteiger partial charge is 0.244 e. The van der Waals surface area contributed by atoms with E-state index in [0.29, 0.717) is 4.47 Å². The monoisotopic (exact) mass is 375 g/mol. The zero-order valence-electron chi connectivity index (χ0n) is 10.4. The van der Waals surface area contributed by atoms with Gasteiger partial charge in [-0.3, -0.25) is 4.98 Å². The van der Waals surface area contributed by atoms with Crippen molar-refractivity contribution in [3.63, 3.8) is 0 Å². The number of nitrogens with one attached hydrogen (secondary N) is 1. The van der Waals surface area contributed by atoms with Crippen LogP contribution >= 0.6 is 27.5 Å². The van der Waals surface area contributed by atoms with Gasteiger partial charge in [-0.05, 0) is 46.6 Å². The Hall–Kier alpha value is -1.02. The van der Waals surface area contributed by atoms with Gasteiger partial charge in [-0.15, -0.1) is 0 Å². The van der Waals surface area contributed by atoms with Gasteiger partial charge in [0.2, 0.25) is 10.0 Å². The molecule has 0 amide bonds. The molecule has 0 fully saturated rings. The Kier molecular flexibility index (Phi) is 4.74. The predicted octanol–water partition coefficient (Wildman–Crippen LogP) is 2.93. The quantitative estimate of drug-likeness (QED) is 0.833. The summed E-state index contributed by atoms with van der Waals surface area (Å²) in [5.41, 5.74) is 0.808. The lowest BCUT2D eigenvalue weighted by atomic mass is 10.1. The van der Waals surface area contributed by atoms with Crippen LogP contribution in [0.1, 0.15) is 18.5 Å². The van der Waals surface area contributed by atoms with Crippen molar-refractivity contribution in [2.24, 2.45) is 0 Å². The number of rotatable bonds is 4. The highest BCUT2D eigenvalue weighted by molar-refractivity contribution is 9.10. The fraction of sp³-hybridized carbons (Fsp3) is 0.167. The Bertz CT molecular complexity index is 710. The van der Waals surface area contributed by atoms with E-state index in [0.717, 1.165) is 5.56 Å². The van der Waals surface area contributed by atoms with E-state index < -0.39 is 16.1 Å². The van der Waals surface area contributed by atoms with Gasteiger partial charge in [0.25, 0.3) is 0 Å². The molecule has 0 spiro atoms. The fourth-order valence-corrected chi connectivity index (χ4v) is 3.78. The normalized spacial score (nSPS) is 13.2. The summed E-state index contributed by atoms with van der Waals surface area (Å²) in [5, 5.41) is -0.0670. The lowest BCUT2D eigenvalue weighted by molar-refractivity contribution is 0.566. The van der Waals surface area contributed by atoms with Crippen LogP contribution < -0.4 is 4.72 Å². The molecule has 106 valence electrons. The van der Waals surface area contributed by atoms with Crippen molar-refractivity contribution in [1.82, 2.24) is 14.7 Å². The maximum Gasteiger partial charge on any atom is 0.244 e. The van der Waals surface area contributed by atoms with Crippen molar-refractivity contribution in [2.45, 2.75) is 17.9 Å². The first-order chi connectivity index (χ1) is 9.40. The molecule has 1 unspecified atom stereocenters. The first kappa shape index (κ1) is 15.4. The molecule has 0 aliphatic carbocycles. The number of halogens is 2. The maximum atomic E-state index is 12.3. The third-order valence-corrected chi connectivity index (χ3v) is 5.00.